The molecular formula is C25H22Cl2N2O4. The summed E-state index contributed by atoms with van der Waals surface area (Å²) in [6.45, 7) is 0.196. The standard InChI is InChI=1S/C25H22Cl2N2O4/c26-20-11-10-19(21(27)14-20)15-28-22(25(32)33)12-13-23(30)29-24(31)18-8-6-17(7-9-18)16-4-2-1-3-5-16/h1-11,14,22,28H,12-13,15H2,(H,32,33)(H,29,30,31)/t22-/m0/s1. The Morgan fingerprint density at radius 3 is 2.18 bits per heavy atom. The van der Waals surface area contributed by atoms with Crippen molar-refractivity contribution in [2.24, 2.45) is 0 Å². The normalized spacial score (nSPS) is 11.6. The summed E-state index contributed by atoms with van der Waals surface area (Å²) in [6.07, 6.45) is -0.126. The summed E-state index contributed by atoms with van der Waals surface area (Å²) in [7, 11) is 0. The lowest BCUT2D eigenvalue weighted by Gasteiger charge is -2.15. The molecule has 2 amide bonds. The third kappa shape index (κ3) is 7.15. The number of carbonyl (C=O) groups excluding carboxylic acids is 2. The predicted molar refractivity (Wildman–Crippen MR) is 128 cm³/mol. The number of aliphatic carboxylic acids is 1. The van der Waals surface area contributed by atoms with Gasteiger partial charge >= 0.3 is 5.97 Å². The third-order valence-corrected chi connectivity index (χ3v) is 5.61. The molecule has 0 bridgehead atoms. The van der Waals surface area contributed by atoms with Gasteiger partial charge in [-0.15, -0.1) is 0 Å². The quantitative estimate of drug-likeness (QED) is 0.399. The number of benzene rings is 3. The van der Waals surface area contributed by atoms with Crippen LogP contribution in [0.4, 0.5) is 0 Å². The smallest absolute Gasteiger partial charge is 0.320 e. The van der Waals surface area contributed by atoms with E-state index in [9.17, 15) is 19.5 Å². The number of carboxylic acids is 1. The topological polar surface area (TPSA) is 95.5 Å². The van der Waals surface area contributed by atoms with Gasteiger partial charge in [0.2, 0.25) is 5.91 Å². The zero-order valence-electron chi connectivity index (χ0n) is 17.6. The molecule has 6 nitrogen and oxygen atoms in total. The fourth-order valence-corrected chi connectivity index (χ4v) is 3.67. The summed E-state index contributed by atoms with van der Waals surface area (Å²) in [5, 5.41) is 15.5. The maximum Gasteiger partial charge on any atom is 0.320 e. The summed E-state index contributed by atoms with van der Waals surface area (Å²) in [6, 6.07) is 20.6. The largest absolute Gasteiger partial charge is 0.480 e. The van der Waals surface area contributed by atoms with Crippen molar-refractivity contribution in [3.63, 3.8) is 0 Å². The van der Waals surface area contributed by atoms with Crippen LogP contribution in [-0.4, -0.2) is 28.9 Å². The molecule has 0 spiro atoms. The van der Waals surface area contributed by atoms with E-state index in [1.54, 1.807) is 42.5 Å². The fraction of sp³-hybridized carbons (Fsp3) is 0.160. The highest BCUT2D eigenvalue weighted by molar-refractivity contribution is 6.35. The molecule has 0 aliphatic heterocycles. The van der Waals surface area contributed by atoms with Crippen LogP contribution in [0.1, 0.15) is 28.8 Å². The molecule has 0 aromatic heterocycles. The average Bonchev–Trinajstić information content (AvgIpc) is 2.80. The summed E-state index contributed by atoms with van der Waals surface area (Å²) in [4.78, 5) is 36.1. The van der Waals surface area contributed by atoms with Crippen molar-refractivity contribution in [3.8, 4) is 11.1 Å². The van der Waals surface area contributed by atoms with Gasteiger partial charge in [-0.05, 0) is 47.4 Å². The van der Waals surface area contributed by atoms with Crippen molar-refractivity contribution in [1.29, 1.82) is 0 Å². The first-order valence-corrected chi connectivity index (χ1v) is 11.0. The first-order chi connectivity index (χ1) is 15.8. The maximum absolute atomic E-state index is 12.4. The van der Waals surface area contributed by atoms with Gasteiger partial charge in [-0.25, -0.2) is 0 Å². The van der Waals surface area contributed by atoms with Crippen LogP contribution in [0.2, 0.25) is 10.0 Å². The second-order valence-electron chi connectivity index (χ2n) is 7.37. The lowest BCUT2D eigenvalue weighted by atomic mass is 10.0. The number of rotatable bonds is 9. The van der Waals surface area contributed by atoms with Gasteiger partial charge in [0.25, 0.3) is 5.91 Å². The van der Waals surface area contributed by atoms with Gasteiger partial charge in [0.15, 0.2) is 0 Å². The number of carbonyl (C=O) groups is 3. The van der Waals surface area contributed by atoms with Crippen molar-refractivity contribution >= 4 is 41.0 Å². The fourth-order valence-electron chi connectivity index (χ4n) is 3.19. The minimum absolute atomic E-state index is 0.00655. The molecule has 0 unspecified atom stereocenters. The minimum atomic E-state index is -1.10. The van der Waals surface area contributed by atoms with Crippen LogP contribution >= 0.6 is 23.2 Å². The molecule has 0 radical (unpaired) electrons. The Bertz CT molecular complexity index is 1130. The lowest BCUT2D eigenvalue weighted by molar-refractivity contribution is -0.139. The molecule has 33 heavy (non-hydrogen) atoms. The van der Waals surface area contributed by atoms with E-state index >= 15 is 0 Å². The second-order valence-corrected chi connectivity index (χ2v) is 8.21. The number of hydrogen-bond acceptors (Lipinski definition) is 4. The minimum Gasteiger partial charge on any atom is -0.480 e. The van der Waals surface area contributed by atoms with E-state index < -0.39 is 23.8 Å². The first kappa shape index (κ1) is 24.5. The van der Waals surface area contributed by atoms with E-state index in [-0.39, 0.29) is 19.4 Å². The van der Waals surface area contributed by atoms with E-state index in [4.69, 9.17) is 23.2 Å². The number of amides is 2. The molecule has 0 fully saturated rings. The highest BCUT2D eigenvalue weighted by Crippen LogP contribution is 2.21. The maximum atomic E-state index is 12.4. The molecule has 3 N–H and O–H groups in total. The van der Waals surface area contributed by atoms with Crippen LogP contribution in [0.3, 0.4) is 0 Å². The Morgan fingerprint density at radius 1 is 0.879 bits per heavy atom. The van der Waals surface area contributed by atoms with Crippen molar-refractivity contribution in [3.05, 3.63) is 94.0 Å². The SMILES string of the molecule is O=C(CC[C@H](NCc1ccc(Cl)cc1Cl)C(=O)O)NC(=O)c1ccc(-c2ccccc2)cc1. The molecule has 0 aliphatic rings. The van der Waals surface area contributed by atoms with Crippen LogP contribution in [-0.2, 0) is 16.1 Å². The summed E-state index contributed by atoms with van der Waals surface area (Å²) in [5.74, 6) is -2.19. The molecule has 0 saturated carbocycles. The highest BCUT2D eigenvalue weighted by Gasteiger charge is 2.20. The average molecular weight is 485 g/mol. The molecule has 3 aromatic rings. The molecule has 170 valence electrons. The molecule has 1 atom stereocenters. The van der Waals surface area contributed by atoms with E-state index in [0.29, 0.717) is 21.2 Å². The van der Waals surface area contributed by atoms with Crippen molar-refractivity contribution in [2.75, 3.05) is 0 Å². The number of nitrogens with one attached hydrogen (secondary N) is 2. The Kier molecular flexibility index (Phi) is 8.60. The second kappa shape index (κ2) is 11.6. The van der Waals surface area contributed by atoms with E-state index in [0.717, 1.165) is 11.1 Å². The molecule has 3 aromatic carbocycles. The highest BCUT2D eigenvalue weighted by atomic mass is 35.5. The monoisotopic (exact) mass is 484 g/mol. The number of hydrogen-bond donors (Lipinski definition) is 3. The molecule has 0 saturated heterocycles. The van der Waals surface area contributed by atoms with Crippen LogP contribution in [0, 0.1) is 0 Å². The van der Waals surface area contributed by atoms with Gasteiger partial charge in [-0.1, -0.05) is 71.7 Å². The van der Waals surface area contributed by atoms with Crippen molar-refractivity contribution in [2.45, 2.75) is 25.4 Å². The van der Waals surface area contributed by atoms with Crippen LogP contribution in [0.5, 0.6) is 0 Å². The van der Waals surface area contributed by atoms with Crippen molar-refractivity contribution in [1.82, 2.24) is 10.6 Å². The van der Waals surface area contributed by atoms with E-state index in [2.05, 4.69) is 10.6 Å². The number of carboxylic acid groups (broad SMARTS) is 1. The number of imide groups is 1. The van der Waals surface area contributed by atoms with Gasteiger partial charge in [0, 0.05) is 28.6 Å². The Balaban J connectivity index is 1.51. The molecule has 3 rings (SSSR count). The Hall–Kier alpha value is -3.19. The Labute approximate surface area is 201 Å². The van der Waals surface area contributed by atoms with Crippen LogP contribution < -0.4 is 10.6 Å². The molecule has 0 heterocycles. The number of halogens is 2. The van der Waals surface area contributed by atoms with Gasteiger partial charge in [0.05, 0.1) is 0 Å². The summed E-state index contributed by atoms with van der Waals surface area (Å²) >= 11 is 12.0. The molecular weight excluding hydrogens is 463 g/mol. The predicted octanol–water partition coefficient (Wildman–Crippen LogP) is 4.94. The van der Waals surface area contributed by atoms with Gasteiger partial charge in [-0.2, -0.15) is 0 Å². The first-order valence-electron chi connectivity index (χ1n) is 10.2. The Morgan fingerprint density at radius 2 is 1.55 bits per heavy atom. The van der Waals surface area contributed by atoms with Crippen molar-refractivity contribution < 1.29 is 19.5 Å². The van der Waals surface area contributed by atoms with Gasteiger partial charge < -0.3 is 10.4 Å². The summed E-state index contributed by atoms with van der Waals surface area (Å²) < 4.78 is 0. The van der Waals surface area contributed by atoms with Crippen LogP contribution in [0.25, 0.3) is 11.1 Å². The lowest BCUT2D eigenvalue weighted by Crippen LogP contribution is -2.38. The molecule has 0 aliphatic carbocycles. The van der Waals surface area contributed by atoms with Gasteiger partial charge in [0.1, 0.15) is 6.04 Å². The van der Waals surface area contributed by atoms with E-state index in [1.165, 1.54) is 0 Å². The zero-order valence-corrected chi connectivity index (χ0v) is 19.1. The van der Waals surface area contributed by atoms with E-state index in [1.807, 2.05) is 30.3 Å². The molecule has 8 heteroatoms. The zero-order chi connectivity index (χ0) is 23.8. The third-order valence-electron chi connectivity index (χ3n) is 5.02. The van der Waals surface area contributed by atoms with Gasteiger partial charge in [-0.3, -0.25) is 19.7 Å². The summed E-state index contributed by atoms with van der Waals surface area (Å²) in [5.41, 5.74) is 3.00. The van der Waals surface area contributed by atoms with Crippen LogP contribution in [0.15, 0.2) is 72.8 Å².